The van der Waals surface area contributed by atoms with Crippen LogP contribution in [-0.2, 0) is 0 Å². The van der Waals surface area contributed by atoms with Gasteiger partial charge in [-0.2, -0.15) is 0 Å². The van der Waals surface area contributed by atoms with Crippen LogP contribution in [0.3, 0.4) is 0 Å². The normalized spacial score (nSPS) is 11.7. The summed E-state index contributed by atoms with van der Waals surface area (Å²) in [5.41, 5.74) is 8.09. The smallest absolute Gasteiger partial charge is 0.316 e. The highest BCUT2D eigenvalue weighted by Crippen LogP contribution is 2.33. The molecule has 11 nitrogen and oxygen atoms in total. The summed E-state index contributed by atoms with van der Waals surface area (Å²) in [5, 5.41) is 8.40. The molecule has 1 atom stereocenters. The summed E-state index contributed by atoms with van der Waals surface area (Å²) in [7, 11) is 1.49. The van der Waals surface area contributed by atoms with Gasteiger partial charge in [0.05, 0.1) is 30.8 Å². The number of methoxy groups -OCH3 is 1. The average molecular weight is 480 g/mol. The largest absolute Gasteiger partial charge is 0.467 e. The van der Waals surface area contributed by atoms with E-state index in [9.17, 15) is 4.79 Å². The van der Waals surface area contributed by atoms with Crippen LogP contribution < -0.4 is 21.3 Å². The number of rotatable bonds is 6. The number of benzene rings is 1. The number of aromatic nitrogens is 5. The number of nitrogens with zero attached hydrogens (tertiary/aromatic N) is 6. The summed E-state index contributed by atoms with van der Waals surface area (Å²) in [6.45, 7) is 9.33. The maximum Gasteiger partial charge on any atom is 0.316 e. The van der Waals surface area contributed by atoms with Gasteiger partial charge in [0.25, 0.3) is 5.56 Å². The Morgan fingerprint density at radius 1 is 1.19 bits per heavy atom. The van der Waals surface area contributed by atoms with Gasteiger partial charge in [-0.25, -0.2) is 14.8 Å². The minimum atomic E-state index is -0.457. The van der Waals surface area contributed by atoms with Crippen molar-refractivity contribution in [3.05, 3.63) is 88.7 Å². The average Bonchev–Trinajstić information content (AvgIpc) is 3.43. The molecular formula is C25H20N8O3. The molecule has 0 saturated heterocycles. The van der Waals surface area contributed by atoms with Crippen LogP contribution in [0.5, 0.6) is 6.01 Å². The van der Waals surface area contributed by atoms with Crippen LogP contribution in [0.1, 0.15) is 18.7 Å². The van der Waals surface area contributed by atoms with Gasteiger partial charge >= 0.3 is 6.01 Å². The number of anilines is 2. The van der Waals surface area contributed by atoms with Gasteiger partial charge in [-0.3, -0.25) is 14.3 Å². The second kappa shape index (κ2) is 9.19. The fourth-order valence-electron chi connectivity index (χ4n) is 4.03. The highest BCUT2D eigenvalue weighted by Gasteiger charge is 2.21. The van der Waals surface area contributed by atoms with Crippen molar-refractivity contribution in [3.63, 3.8) is 0 Å². The van der Waals surface area contributed by atoms with Crippen molar-refractivity contribution in [2.24, 2.45) is 0 Å². The molecule has 5 aromatic rings. The quantitative estimate of drug-likeness (QED) is 0.343. The molecule has 1 aromatic carbocycles. The number of fused-ring (bicyclic) bond motifs is 1. The Labute approximate surface area is 205 Å². The van der Waals surface area contributed by atoms with Crippen molar-refractivity contribution in [1.29, 1.82) is 0 Å². The molecule has 0 radical (unpaired) electrons. The summed E-state index contributed by atoms with van der Waals surface area (Å²) >= 11 is 0. The summed E-state index contributed by atoms with van der Waals surface area (Å²) in [6, 6.07) is 10.4. The van der Waals surface area contributed by atoms with Crippen LogP contribution in [0.4, 0.5) is 17.2 Å². The lowest BCUT2D eigenvalue weighted by Gasteiger charge is -2.21. The second-order valence-corrected chi connectivity index (χ2v) is 7.87. The number of pyridine rings is 2. The molecule has 36 heavy (non-hydrogen) atoms. The van der Waals surface area contributed by atoms with Gasteiger partial charge in [0.1, 0.15) is 12.1 Å². The zero-order valence-electron chi connectivity index (χ0n) is 19.3. The standard InChI is InChI=1S/C25H20N8O3/c1-14(31-23-22(27-2)18(26)7-9-28-23)19-11-15-5-4-6-17(16-12-29-25(35-3)30-13-16)21(15)24(34)33(19)20-8-10-36-32-20/h4-14H,1,3H3,(H3,26,28,31)/t14-/m0/s1. The summed E-state index contributed by atoms with van der Waals surface area (Å²) in [6.07, 6.45) is 6.13. The predicted molar refractivity (Wildman–Crippen MR) is 134 cm³/mol. The van der Waals surface area contributed by atoms with E-state index in [-0.39, 0.29) is 17.3 Å². The van der Waals surface area contributed by atoms with Crippen LogP contribution in [-0.4, -0.2) is 31.8 Å². The molecule has 0 spiro atoms. The molecule has 5 rings (SSSR count). The van der Waals surface area contributed by atoms with Crippen molar-refractivity contribution >= 4 is 28.0 Å². The first-order valence-electron chi connectivity index (χ1n) is 10.9. The Morgan fingerprint density at radius 2 is 2.00 bits per heavy atom. The van der Waals surface area contributed by atoms with E-state index in [1.54, 1.807) is 24.5 Å². The minimum absolute atomic E-state index is 0.210. The molecule has 0 saturated carbocycles. The number of ether oxygens (including phenoxy) is 1. The maximum absolute atomic E-state index is 14.0. The van der Waals surface area contributed by atoms with Gasteiger partial charge in [-0.05, 0) is 30.0 Å². The van der Waals surface area contributed by atoms with Crippen molar-refractivity contribution in [3.8, 4) is 23.0 Å². The van der Waals surface area contributed by atoms with Crippen molar-refractivity contribution in [2.45, 2.75) is 13.0 Å². The maximum atomic E-state index is 14.0. The van der Waals surface area contributed by atoms with E-state index in [0.29, 0.717) is 44.9 Å². The molecule has 0 unspecified atom stereocenters. The van der Waals surface area contributed by atoms with E-state index < -0.39 is 6.04 Å². The third-order valence-corrected chi connectivity index (χ3v) is 5.71. The van der Waals surface area contributed by atoms with Crippen molar-refractivity contribution < 1.29 is 9.26 Å². The fraction of sp³-hybridized carbons (Fsp3) is 0.120. The Balaban J connectivity index is 1.71. The van der Waals surface area contributed by atoms with Gasteiger partial charge in [0, 0.05) is 35.9 Å². The molecule has 178 valence electrons. The molecule has 11 heteroatoms. The Bertz CT molecular complexity index is 1650. The van der Waals surface area contributed by atoms with Crippen LogP contribution in [0.15, 0.2) is 70.6 Å². The number of nitrogens with one attached hydrogen (secondary N) is 1. The van der Waals surface area contributed by atoms with Gasteiger partial charge in [-0.1, -0.05) is 23.4 Å². The molecule has 0 aliphatic carbocycles. The number of nitrogen functional groups attached to an aromatic ring is 1. The van der Waals surface area contributed by atoms with E-state index in [1.165, 1.54) is 24.1 Å². The van der Waals surface area contributed by atoms with E-state index in [1.807, 2.05) is 31.2 Å². The topological polar surface area (TPSA) is 138 Å². The van der Waals surface area contributed by atoms with Crippen LogP contribution >= 0.6 is 0 Å². The summed E-state index contributed by atoms with van der Waals surface area (Å²) in [4.78, 5) is 30.1. The number of nitrogens with two attached hydrogens (primary N) is 1. The minimum Gasteiger partial charge on any atom is -0.467 e. The van der Waals surface area contributed by atoms with Crippen LogP contribution in [0, 0.1) is 6.57 Å². The zero-order chi connectivity index (χ0) is 25.2. The lowest BCUT2D eigenvalue weighted by molar-refractivity contribution is 0.380. The van der Waals surface area contributed by atoms with Gasteiger partial charge in [0.2, 0.25) is 5.69 Å². The van der Waals surface area contributed by atoms with E-state index >= 15 is 0 Å². The second-order valence-electron chi connectivity index (χ2n) is 7.87. The Morgan fingerprint density at radius 3 is 2.69 bits per heavy atom. The Kier molecular flexibility index (Phi) is 5.75. The van der Waals surface area contributed by atoms with Gasteiger partial charge in [-0.15, -0.1) is 0 Å². The van der Waals surface area contributed by atoms with E-state index in [4.69, 9.17) is 21.6 Å². The van der Waals surface area contributed by atoms with Gasteiger partial charge in [0.15, 0.2) is 5.82 Å². The molecule has 0 amide bonds. The number of hydrogen-bond donors (Lipinski definition) is 2. The van der Waals surface area contributed by atoms with E-state index in [0.717, 1.165) is 0 Å². The first-order chi connectivity index (χ1) is 17.5. The van der Waals surface area contributed by atoms with Gasteiger partial charge < -0.3 is 20.3 Å². The van der Waals surface area contributed by atoms with Crippen LogP contribution in [0.2, 0.25) is 0 Å². The molecule has 4 aromatic heterocycles. The summed E-state index contributed by atoms with van der Waals surface area (Å²) < 4.78 is 11.6. The third kappa shape index (κ3) is 3.86. The lowest BCUT2D eigenvalue weighted by atomic mass is 9.99. The highest BCUT2D eigenvalue weighted by molar-refractivity contribution is 5.96. The molecule has 4 heterocycles. The molecule has 0 aliphatic heterocycles. The van der Waals surface area contributed by atoms with Crippen LogP contribution in [0.25, 0.3) is 32.6 Å². The molecular weight excluding hydrogens is 460 g/mol. The Hall–Kier alpha value is -5.24. The molecule has 0 bridgehead atoms. The predicted octanol–water partition coefficient (Wildman–Crippen LogP) is 4.15. The molecule has 0 aliphatic rings. The van der Waals surface area contributed by atoms with Crippen molar-refractivity contribution in [1.82, 2.24) is 24.7 Å². The molecule has 0 fully saturated rings. The first-order valence-corrected chi connectivity index (χ1v) is 10.9. The first kappa shape index (κ1) is 22.5. The summed E-state index contributed by atoms with van der Waals surface area (Å²) in [5.74, 6) is 0.637. The number of hydrogen-bond acceptors (Lipinski definition) is 9. The molecule has 3 N–H and O–H groups in total. The third-order valence-electron chi connectivity index (χ3n) is 5.71. The lowest BCUT2D eigenvalue weighted by Crippen LogP contribution is -2.26. The zero-order valence-corrected chi connectivity index (χ0v) is 19.3. The highest BCUT2D eigenvalue weighted by atomic mass is 16.5. The monoisotopic (exact) mass is 480 g/mol. The SMILES string of the molecule is [C-]#[N+]c1c(N)ccnc1N[C@@H](C)c1cc2cccc(-c3cnc(OC)nc3)c2c(=O)n1-c1ccon1. The fourth-order valence-corrected chi connectivity index (χ4v) is 4.03. The van der Waals surface area contributed by atoms with E-state index in [2.05, 4.69) is 30.3 Å². The van der Waals surface area contributed by atoms with Crippen molar-refractivity contribution in [2.75, 3.05) is 18.2 Å².